The van der Waals surface area contributed by atoms with Crippen molar-refractivity contribution in [2.45, 2.75) is 50.3 Å². The van der Waals surface area contributed by atoms with Crippen LogP contribution in [0.2, 0.25) is 0 Å². The summed E-state index contributed by atoms with van der Waals surface area (Å²) in [5.41, 5.74) is 0.246. The first-order valence-corrected chi connectivity index (χ1v) is 9.90. The van der Waals surface area contributed by atoms with Gasteiger partial charge in [0, 0.05) is 5.56 Å². The standard InChI is InChI=1S/C19H24O5S.K/c1-2-3-4-5-9-12-16-18(24-15-10-7-6-8-11-15)14-13-17(20)19(16)25(21,22)23;/h6-8,10-11,13-14,20H,2-5,9,12H2,1H3,(H,21,22,23);/q;+1/p-1. The van der Waals surface area contributed by atoms with Gasteiger partial charge in [-0.1, -0.05) is 62.6 Å². The zero-order valence-corrected chi connectivity index (χ0v) is 19.2. The average Bonchev–Trinajstić information content (AvgIpc) is 2.56. The van der Waals surface area contributed by atoms with Crippen molar-refractivity contribution in [3.63, 3.8) is 0 Å². The number of para-hydroxylation sites is 1. The quantitative estimate of drug-likeness (QED) is 0.388. The molecule has 0 aromatic heterocycles. The Hall–Kier alpha value is -0.414. The molecule has 0 aliphatic rings. The Labute approximate surface area is 198 Å². The minimum Gasteiger partial charge on any atom is -0.872 e. The van der Waals surface area contributed by atoms with Crippen LogP contribution >= 0.6 is 0 Å². The van der Waals surface area contributed by atoms with E-state index in [0.717, 1.165) is 38.2 Å². The van der Waals surface area contributed by atoms with Gasteiger partial charge in [0.1, 0.15) is 11.5 Å². The van der Waals surface area contributed by atoms with Crippen LogP contribution in [0.3, 0.4) is 0 Å². The fourth-order valence-corrected chi connectivity index (χ4v) is 3.56. The summed E-state index contributed by atoms with van der Waals surface area (Å²) in [7, 11) is -4.62. The van der Waals surface area contributed by atoms with Crippen molar-refractivity contribution in [1.29, 1.82) is 0 Å². The van der Waals surface area contributed by atoms with E-state index in [4.69, 9.17) is 4.74 Å². The van der Waals surface area contributed by atoms with E-state index >= 15 is 0 Å². The molecule has 0 radical (unpaired) electrons. The number of unbranched alkanes of at least 4 members (excludes halogenated alkanes) is 4. The molecule has 0 saturated heterocycles. The Morgan fingerprint density at radius 2 is 1.65 bits per heavy atom. The molecule has 0 fully saturated rings. The van der Waals surface area contributed by atoms with Crippen LogP contribution in [0.4, 0.5) is 0 Å². The molecule has 1 N–H and O–H groups in total. The molecule has 0 saturated carbocycles. The third-order valence-electron chi connectivity index (χ3n) is 3.94. The second kappa shape index (κ2) is 11.4. The first kappa shape index (κ1) is 23.6. The minimum atomic E-state index is -4.62. The molecule has 26 heavy (non-hydrogen) atoms. The largest absolute Gasteiger partial charge is 1.00 e. The van der Waals surface area contributed by atoms with Gasteiger partial charge < -0.3 is 9.84 Å². The van der Waals surface area contributed by atoms with Crippen LogP contribution in [0.5, 0.6) is 17.2 Å². The summed E-state index contributed by atoms with van der Waals surface area (Å²) < 4.78 is 38.7. The second-order valence-corrected chi connectivity index (χ2v) is 7.28. The summed E-state index contributed by atoms with van der Waals surface area (Å²) in [6.07, 6.45) is 5.26. The fourth-order valence-electron chi connectivity index (χ4n) is 2.72. The molecule has 0 aliphatic heterocycles. The normalized spacial score (nSPS) is 11.0. The first-order valence-electron chi connectivity index (χ1n) is 8.46. The molecule has 2 rings (SSSR count). The SMILES string of the molecule is CCCCCCCc1c(Oc2ccccc2)ccc([O-])c1S(=O)(=O)O.[K+]. The smallest absolute Gasteiger partial charge is 0.872 e. The maximum Gasteiger partial charge on any atom is 1.00 e. The van der Waals surface area contributed by atoms with Crippen LogP contribution in [0.1, 0.15) is 44.6 Å². The van der Waals surface area contributed by atoms with Crippen LogP contribution in [-0.2, 0) is 16.5 Å². The average molecular weight is 403 g/mol. The zero-order chi connectivity index (χ0) is 18.3. The minimum absolute atomic E-state index is 0. The van der Waals surface area contributed by atoms with Crippen LogP contribution in [0.15, 0.2) is 47.4 Å². The molecule has 136 valence electrons. The summed E-state index contributed by atoms with van der Waals surface area (Å²) in [5, 5.41) is 12.0. The predicted molar refractivity (Wildman–Crippen MR) is 94.7 cm³/mol. The van der Waals surface area contributed by atoms with Crippen LogP contribution in [0, 0.1) is 0 Å². The third-order valence-corrected chi connectivity index (χ3v) is 4.90. The number of benzene rings is 2. The molecule has 0 spiro atoms. The van der Waals surface area contributed by atoms with Gasteiger partial charge >= 0.3 is 51.4 Å². The molecule has 0 aliphatic carbocycles. The molecule has 5 nitrogen and oxygen atoms in total. The van der Waals surface area contributed by atoms with Gasteiger partial charge in [0.2, 0.25) is 0 Å². The summed E-state index contributed by atoms with van der Waals surface area (Å²) in [6, 6.07) is 11.5. The molecule has 0 heterocycles. The Morgan fingerprint density at radius 1 is 1.00 bits per heavy atom. The Bertz CT molecular complexity index is 791. The number of rotatable bonds is 9. The zero-order valence-electron chi connectivity index (χ0n) is 15.3. The summed E-state index contributed by atoms with van der Waals surface area (Å²) >= 11 is 0. The predicted octanol–water partition coefficient (Wildman–Crippen LogP) is 1.32. The number of hydrogen-bond acceptors (Lipinski definition) is 4. The van der Waals surface area contributed by atoms with Crippen molar-refractivity contribution in [3.8, 4) is 17.2 Å². The summed E-state index contributed by atoms with van der Waals surface area (Å²) in [4.78, 5) is -0.573. The van der Waals surface area contributed by atoms with Crippen molar-refractivity contribution >= 4 is 10.1 Å². The van der Waals surface area contributed by atoms with Gasteiger partial charge in [-0.3, -0.25) is 4.55 Å². The van der Waals surface area contributed by atoms with E-state index in [9.17, 15) is 18.1 Å². The third kappa shape index (κ3) is 6.96. The fraction of sp³-hybridized carbons (Fsp3) is 0.368. The van der Waals surface area contributed by atoms with E-state index < -0.39 is 20.8 Å². The number of hydrogen-bond donors (Lipinski definition) is 1. The van der Waals surface area contributed by atoms with E-state index in [1.54, 1.807) is 24.3 Å². The molecule has 0 unspecified atom stereocenters. The maximum atomic E-state index is 12.0. The maximum absolute atomic E-state index is 12.0. The number of ether oxygens (including phenoxy) is 1. The summed E-state index contributed by atoms with van der Waals surface area (Å²) in [6.45, 7) is 2.11. The molecule has 0 amide bonds. The topological polar surface area (TPSA) is 86.7 Å². The van der Waals surface area contributed by atoms with Gasteiger partial charge in [-0.15, -0.1) is 0 Å². The van der Waals surface area contributed by atoms with E-state index in [-0.39, 0.29) is 62.7 Å². The molecule has 0 bridgehead atoms. The Balaban J connectivity index is 0.00000338. The van der Waals surface area contributed by atoms with Crippen molar-refractivity contribution in [2.75, 3.05) is 0 Å². The van der Waals surface area contributed by atoms with Gasteiger partial charge in [-0.25, -0.2) is 0 Å². The van der Waals surface area contributed by atoms with E-state index in [2.05, 4.69) is 6.92 Å². The molecule has 2 aromatic carbocycles. The van der Waals surface area contributed by atoms with Crippen LogP contribution in [0.25, 0.3) is 0 Å². The van der Waals surface area contributed by atoms with Gasteiger partial charge in [-0.05, 0) is 31.0 Å². The second-order valence-electron chi connectivity index (χ2n) is 5.92. The van der Waals surface area contributed by atoms with Crippen LogP contribution in [-0.4, -0.2) is 13.0 Å². The van der Waals surface area contributed by atoms with Crippen LogP contribution < -0.4 is 61.2 Å². The van der Waals surface area contributed by atoms with Crippen molar-refractivity contribution in [1.82, 2.24) is 0 Å². The Kier molecular flexibility index (Phi) is 10.4. The van der Waals surface area contributed by atoms with Crippen molar-refractivity contribution in [3.05, 3.63) is 48.0 Å². The molecule has 0 atom stereocenters. The first-order chi connectivity index (χ1) is 11.9. The van der Waals surface area contributed by atoms with Crippen molar-refractivity contribution < 1.29 is 74.2 Å². The van der Waals surface area contributed by atoms with E-state index in [1.165, 1.54) is 6.07 Å². The van der Waals surface area contributed by atoms with Gasteiger partial charge in [0.25, 0.3) is 10.1 Å². The Morgan fingerprint density at radius 3 is 2.27 bits per heavy atom. The van der Waals surface area contributed by atoms with E-state index in [1.807, 2.05) is 6.07 Å². The van der Waals surface area contributed by atoms with Gasteiger partial charge in [0.05, 0.1) is 4.90 Å². The molecular formula is C19H23KO5S. The van der Waals surface area contributed by atoms with Crippen molar-refractivity contribution in [2.24, 2.45) is 0 Å². The molecule has 2 aromatic rings. The van der Waals surface area contributed by atoms with E-state index in [0.29, 0.717) is 12.2 Å². The summed E-state index contributed by atoms with van der Waals surface area (Å²) in [5.74, 6) is 0.107. The van der Waals surface area contributed by atoms with Gasteiger partial charge in [-0.2, -0.15) is 8.42 Å². The van der Waals surface area contributed by atoms with Gasteiger partial charge in [0.15, 0.2) is 0 Å². The molecular weight excluding hydrogens is 379 g/mol. The monoisotopic (exact) mass is 402 g/mol. The molecule has 7 heteroatoms.